The maximum atomic E-state index is 13.2. The minimum absolute atomic E-state index is 0.0643. The Morgan fingerprint density at radius 3 is 2.30 bits per heavy atom. The smallest absolute Gasteiger partial charge is 0.378 e. The predicted molar refractivity (Wildman–Crippen MR) is 132 cm³/mol. The number of ether oxygens (including phenoxy) is 1. The zero-order valence-electron chi connectivity index (χ0n) is 21.2. The van der Waals surface area contributed by atoms with Crippen LogP contribution in [0.3, 0.4) is 0 Å². The first-order valence-electron chi connectivity index (χ1n) is 11.7. The van der Waals surface area contributed by atoms with E-state index in [1.54, 1.807) is 24.4 Å². The lowest BCUT2D eigenvalue weighted by atomic mass is 9.89. The van der Waals surface area contributed by atoms with Gasteiger partial charge in [0.2, 0.25) is 16.0 Å². The van der Waals surface area contributed by atoms with Gasteiger partial charge < -0.3 is 15.0 Å². The summed E-state index contributed by atoms with van der Waals surface area (Å²) in [6.45, 7) is 9.00. The Morgan fingerprint density at radius 1 is 1.11 bits per heavy atom. The number of alkyl halides is 3. The van der Waals surface area contributed by atoms with E-state index < -0.39 is 39.1 Å². The SMILES string of the molecule is CC(COCCS(=O)(=O)N1CCN(c2ncc(C(C)(C)C)cn2)CC1)Nc1cn[nH]c(=O)c1C(F)(F)F. The fourth-order valence-corrected chi connectivity index (χ4v) is 4.99. The topological polar surface area (TPSA) is 133 Å². The molecule has 1 saturated heterocycles. The first-order chi connectivity index (χ1) is 17.2. The molecule has 0 spiro atoms. The van der Waals surface area contributed by atoms with Crippen LogP contribution in [-0.2, 0) is 26.4 Å². The average molecular weight is 548 g/mol. The van der Waals surface area contributed by atoms with Crippen LogP contribution < -0.4 is 15.8 Å². The van der Waals surface area contributed by atoms with Crippen LogP contribution in [0.1, 0.15) is 38.8 Å². The number of H-pyrrole nitrogens is 1. The van der Waals surface area contributed by atoms with Crippen molar-refractivity contribution >= 4 is 21.7 Å². The molecule has 0 aliphatic carbocycles. The van der Waals surface area contributed by atoms with Gasteiger partial charge in [-0.05, 0) is 17.9 Å². The summed E-state index contributed by atoms with van der Waals surface area (Å²) in [5, 5.41) is 7.70. The Bertz CT molecular complexity index is 1210. The summed E-state index contributed by atoms with van der Waals surface area (Å²) in [5.74, 6) is 0.288. The fraction of sp³-hybridized carbons (Fsp3) is 0.636. The van der Waals surface area contributed by atoms with Crippen LogP contribution in [0.2, 0.25) is 0 Å². The number of hydrogen-bond donors (Lipinski definition) is 2. The molecular formula is C22H32F3N7O4S. The second-order valence-electron chi connectivity index (χ2n) is 9.83. The van der Waals surface area contributed by atoms with Crippen LogP contribution in [-0.4, -0.2) is 84.1 Å². The van der Waals surface area contributed by atoms with E-state index in [1.807, 2.05) is 4.90 Å². The lowest BCUT2D eigenvalue weighted by molar-refractivity contribution is -0.138. The summed E-state index contributed by atoms with van der Waals surface area (Å²) in [7, 11) is -3.59. The summed E-state index contributed by atoms with van der Waals surface area (Å²) in [6.07, 6.45) is -0.418. The van der Waals surface area contributed by atoms with Crippen molar-refractivity contribution in [3.8, 4) is 0 Å². The van der Waals surface area contributed by atoms with Gasteiger partial charge in [0, 0.05) is 44.6 Å². The van der Waals surface area contributed by atoms with Crippen LogP contribution in [0.5, 0.6) is 0 Å². The van der Waals surface area contributed by atoms with Crippen molar-refractivity contribution in [1.29, 1.82) is 0 Å². The van der Waals surface area contributed by atoms with Crippen LogP contribution in [0, 0.1) is 0 Å². The molecule has 0 aromatic carbocycles. The summed E-state index contributed by atoms with van der Waals surface area (Å²) in [4.78, 5) is 22.3. The molecule has 0 radical (unpaired) electrons. The minimum atomic E-state index is -4.86. The number of anilines is 2. The molecule has 3 heterocycles. The molecule has 1 atom stereocenters. The molecule has 1 aliphatic heterocycles. The van der Waals surface area contributed by atoms with Gasteiger partial charge in [-0.3, -0.25) is 4.79 Å². The zero-order valence-corrected chi connectivity index (χ0v) is 22.0. The number of sulfonamides is 1. The molecule has 1 fully saturated rings. The molecular weight excluding hydrogens is 515 g/mol. The van der Waals surface area contributed by atoms with Crippen LogP contribution >= 0.6 is 0 Å². The molecule has 0 bridgehead atoms. The summed E-state index contributed by atoms with van der Waals surface area (Å²) in [6, 6.07) is -0.638. The number of aromatic nitrogens is 4. The predicted octanol–water partition coefficient (Wildman–Crippen LogP) is 1.85. The Hall–Kier alpha value is -2.78. The van der Waals surface area contributed by atoms with E-state index in [2.05, 4.69) is 41.2 Å². The quantitative estimate of drug-likeness (QED) is 0.451. The molecule has 0 amide bonds. The highest BCUT2D eigenvalue weighted by Gasteiger charge is 2.37. The molecule has 1 unspecified atom stereocenters. The summed E-state index contributed by atoms with van der Waals surface area (Å²) < 4.78 is 71.7. The second-order valence-corrected chi connectivity index (χ2v) is 11.9. The Morgan fingerprint density at radius 2 is 1.73 bits per heavy atom. The Labute approximate surface area is 213 Å². The third kappa shape index (κ3) is 7.61. The first-order valence-corrected chi connectivity index (χ1v) is 13.3. The van der Waals surface area contributed by atoms with Crippen LogP contribution in [0.15, 0.2) is 23.4 Å². The van der Waals surface area contributed by atoms with Crippen molar-refractivity contribution < 1.29 is 26.3 Å². The molecule has 2 N–H and O–H groups in total. The Balaban J connectivity index is 1.45. The van der Waals surface area contributed by atoms with Crippen molar-refractivity contribution in [2.75, 3.05) is 55.4 Å². The van der Waals surface area contributed by atoms with E-state index in [-0.39, 0.29) is 37.5 Å². The van der Waals surface area contributed by atoms with Crippen molar-refractivity contribution in [3.63, 3.8) is 0 Å². The lowest BCUT2D eigenvalue weighted by Crippen LogP contribution is -2.50. The molecule has 2 aromatic heterocycles. The van der Waals surface area contributed by atoms with E-state index in [0.717, 1.165) is 11.8 Å². The maximum Gasteiger partial charge on any atom is 0.423 e. The molecule has 0 saturated carbocycles. The standard InChI is InChI=1S/C22H32F3N7O4S/c1-15(29-17-13-28-30-19(33)18(17)22(23,24)25)14-36-9-10-37(34,35)32-7-5-31(6-8-32)20-26-11-16(12-27-20)21(2,3)4/h11-13,15H,5-10,14H2,1-4H3,(H2,29,30,33). The number of halogens is 3. The van der Waals surface area contributed by atoms with Crippen molar-refractivity contribution in [2.24, 2.45) is 0 Å². The lowest BCUT2D eigenvalue weighted by Gasteiger charge is -2.34. The van der Waals surface area contributed by atoms with Crippen molar-refractivity contribution in [3.05, 3.63) is 40.1 Å². The molecule has 37 heavy (non-hydrogen) atoms. The van der Waals surface area contributed by atoms with Gasteiger partial charge >= 0.3 is 6.18 Å². The Kier molecular flexibility index (Phi) is 8.80. The van der Waals surface area contributed by atoms with E-state index in [4.69, 9.17) is 4.74 Å². The number of hydrogen-bond acceptors (Lipinski definition) is 9. The summed E-state index contributed by atoms with van der Waals surface area (Å²) in [5.41, 5.74) is -2.27. The van der Waals surface area contributed by atoms with Crippen LogP contribution in [0.4, 0.5) is 24.8 Å². The summed E-state index contributed by atoms with van der Waals surface area (Å²) >= 11 is 0. The van der Waals surface area contributed by atoms with Gasteiger partial charge in [-0.1, -0.05) is 20.8 Å². The minimum Gasteiger partial charge on any atom is -0.378 e. The van der Waals surface area contributed by atoms with Crippen molar-refractivity contribution in [1.82, 2.24) is 24.5 Å². The number of rotatable bonds is 9. The highest BCUT2D eigenvalue weighted by molar-refractivity contribution is 7.89. The highest BCUT2D eigenvalue weighted by Crippen LogP contribution is 2.31. The normalized spacial score (nSPS) is 16.6. The number of nitrogens with zero attached hydrogens (tertiary/aromatic N) is 5. The molecule has 3 rings (SSSR count). The molecule has 11 nitrogen and oxygen atoms in total. The number of nitrogens with one attached hydrogen (secondary N) is 2. The molecule has 206 valence electrons. The van der Waals surface area contributed by atoms with Gasteiger partial charge in [-0.15, -0.1) is 0 Å². The highest BCUT2D eigenvalue weighted by atomic mass is 32.2. The largest absolute Gasteiger partial charge is 0.423 e. The second kappa shape index (κ2) is 11.3. The third-order valence-electron chi connectivity index (χ3n) is 5.81. The van der Waals surface area contributed by atoms with E-state index in [9.17, 15) is 26.4 Å². The third-order valence-corrected chi connectivity index (χ3v) is 7.65. The van der Waals surface area contributed by atoms with E-state index in [0.29, 0.717) is 19.0 Å². The van der Waals surface area contributed by atoms with Crippen molar-refractivity contribution in [2.45, 2.75) is 45.3 Å². The maximum absolute atomic E-state index is 13.2. The van der Waals surface area contributed by atoms with E-state index in [1.165, 1.54) is 4.31 Å². The zero-order chi connectivity index (χ0) is 27.4. The average Bonchev–Trinajstić information content (AvgIpc) is 2.81. The number of aromatic amines is 1. The van der Waals surface area contributed by atoms with Gasteiger partial charge in [0.25, 0.3) is 5.56 Å². The molecule has 2 aromatic rings. The van der Waals surface area contributed by atoms with Gasteiger partial charge in [0.05, 0.1) is 30.9 Å². The first kappa shape index (κ1) is 28.8. The fourth-order valence-electron chi connectivity index (χ4n) is 3.69. The van der Waals surface area contributed by atoms with Crippen LogP contribution in [0.25, 0.3) is 0 Å². The van der Waals surface area contributed by atoms with Gasteiger partial charge in [-0.25, -0.2) is 23.5 Å². The van der Waals surface area contributed by atoms with Gasteiger partial charge in [0.1, 0.15) is 5.56 Å². The monoisotopic (exact) mass is 547 g/mol. The van der Waals surface area contributed by atoms with Gasteiger partial charge in [0.15, 0.2) is 0 Å². The van der Waals surface area contributed by atoms with Gasteiger partial charge in [-0.2, -0.15) is 22.6 Å². The van der Waals surface area contributed by atoms with E-state index >= 15 is 0 Å². The molecule has 15 heteroatoms. The molecule has 1 aliphatic rings. The number of piperazine rings is 1.